The van der Waals surface area contributed by atoms with E-state index in [1.807, 2.05) is 23.6 Å². The van der Waals surface area contributed by atoms with Crippen LogP contribution in [0.1, 0.15) is 18.5 Å². The van der Waals surface area contributed by atoms with Gasteiger partial charge < -0.3 is 9.63 Å². The molecule has 3 heterocycles. The van der Waals surface area contributed by atoms with Gasteiger partial charge in [0.2, 0.25) is 0 Å². The fraction of sp³-hybridized carbons (Fsp3) is 0.500. The number of aliphatic hydroxyl groups is 1. The third-order valence-electron chi connectivity index (χ3n) is 3.62. The zero-order valence-corrected chi connectivity index (χ0v) is 11.6. The molecule has 2 aromatic rings. The third-order valence-corrected chi connectivity index (χ3v) is 4.50. The second kappa shape index (κ2) is 5.86. The van der Waals surface area contributed by atoms with Crippen molar-refractivity contribution in [3.05, 3.63) is 29.3 Å². The summed E-state index contributed by atoms with van der Waals surface area (Å²) in [6.45, 7) is 3.29. The van der Waals surface area contributed by atoms with Crippen LogP contribution in [0.4, 0.5) is 0 Å². The molecular formula is C14H18N2O2S. The van der Waals surface area contributed by atoms with Gasteiger partial charge in [0.25, 0.3) is 0 Å². The molecule has 0 amide bonds. The molecule has 1 aliphatic heterocycles. The summed E-state index contributed by atoms with van der Waals surface area (Å²) in [5.41, 5.74) is 0.994. The van der Waals surface area contributed by atoms with Crippen LogP contribution in [0.15, 0.2) is 28.1 Å². The zero-order chi connectivity index (χ0) is 13.1. The van der Waals surface area contributed by atoms with Gasteiger partial charge in [0.05, 0.1) is 10.6 Å². The maximum atomic E-state index is 8.97. The van der Waals surface area contributed by atoms with Crippen molar-refractivity contribution in [1.29, 1.82) is 0 Å². The van der Waals surface area contributed by atoms with Crippen molar-refractivity contribution in [3.63, 3.8) is 0 Å². The number of aromatic nitrogens is 1. The van der Waals surface area contributed by atoms with Crippen LogP contribution in [0.2, 0.25) is 0 Å². The molecule has 5 heteroatoms. The highest BCUT2D eigenvalue weighted by Crippen LogP contribution is 2.26. The quantitative estimate of drug-likeness (QED) is 0.913. The molecule has 1 unspecified atom stereocenters. The van der Waals surface area contributed by atoms with Crippen LogP contribution in [0, 0.1) is 5.92 Å². The molecule has 102 valence electrons. The minimum absolute atomic E-state index is 0.297. The van der Waals surface area contributed by atoms with Gasteiger partial charge >= 0.3 is 0 Å². The molecule has 2 aromatic heterocycles. The van der Waals surface area contributed by atoms with E-state index in [0.29, 0.717) is 12.5 Å². The average Bonchev–Trinajstić information content (AvgIpc) is 3.10. The summed E-state index contributed by atoms with van der Waals surface area (Å²) in [6, 6.07) is 6.09. The van der Waals surface area contributed by atoms with E-state index in [1.165, 1.54) is 6.42 Å². The summed E-state index contributed by atoms with van der Waals surface area (Å²) in [7, 11) is 0. The molecule has 0 spiro atoms. The first-order chi connectivity index (χ1) is 9.35. The molecule has 0 aliphatic carbocycles. The zero-order valence-electron chi connectivity index (χ0n) is 10.8. The van der Waals surface area contributed by atoms with E-state index in [-0.39, 0.29) is 0 Å². The minimum atomic E-state index is 0.297. The monoisotopic (exact) mass is 278 g/mol. The van der Waals surface area contributed by atoms with Crippen LogP contribution < -0.4 is 0 Å². The van der Waals surface area contributed by atoms with Gasteiger partial charge in [-0.15, -0.1) is 11.3 Å². The first-order valence-electron chi connectivity index (χ1n) is 6.68. The Kier molecular flexibility index (Phi) is 3.96. The van der Waals surface area contributed by atoms with E-state index in [0.717, 1.165) is 42.4 Å². The molecule has 0 saturated carbocycles. The Morgan fingerprint density at radius 2 is 2.47 bits per heavy atom. The van der Waals surface area contributed by atoms with Crippen molar-refractivity contribution in [2.75, 3.05) is 19.7 Å². The Morgan fingerprint density at radius 3 is 3.26 bits per heavy atom. The molecule has 1 saturated heterocycles. The van der Waals surface area contributed by atoms with E-state index in [4.69, 9.17) is 9.63 Å². The summed E-state index contributed by atoms with van der Waals surface area (Å²) in [6.07, 6.45) is 2.09. The van der Waals surface area contributed by atoms with Gasteiger partial charge in [-0.1, -0.05) is 11.2 Å². The van der Waals surface area contributed by atoms with Crippen molar-refractivity contribution < 1.29 is 9.63 Å². The predicted molar refractivity (Wildman–Crippen MR) is 74.9 cm³/mol. The summed E-state index contributed by atoms with van der Waals surface area (Å²) >= 11 is 1.66. The molecule has 19 heavy (non-hydrogen) atoms. The van der Waals surface area contributed by atoms with Gasteiger partial charge in [0.15, 0.2) is 5.76 Å². The molecule has 1 atom stereocenters. The van der Waals surface area contributed by atoms with Crippen LogP contribution in [0.5, 0.6) is 0 Å². The number of nitrogens with zero attached hydrogens (tertiary/aromatic N) is 2. The molecule has 0 radical (unpaired) electrons. The molecule has 0 bridgehead atoms. The smallest absolute Gasteiger partial charge is 0.177 e. The third kappa shape index (κ3) is 3.05. The molecule has 4 nitrogen and oxygen atoms in total. The number of hydrogen-bond acceptors (Lipinski definition) is 5. The lowest BCUT2D eigenvalue weighted by atomic mass is 10.1. The SMILES string of the molecule is OCCC1CCN(Cc2cc(-c3cccs3)on2)C1. The van der Waals surface area contributed by atoms with E-state index in [2.05, 4.69) is 10.1 Å². The van der Waals surface area contributed by atoms with Crippen molar-refractivity contribution in [3.8, 4) is 10.6 Å². The highest BCUT2D eigenvalue weighted by Gasteiger charge is 2.22. The van der Waals surface area contributed by atoms with Crippen molar-refractivity contribution in [1.82, 2.24) is 10.1 Å². The molecular weight excluding hydrogens is 260 g/mol. The van der Waals surface area contributed by atoms with Gasteiger partial charge in [0.1, 0.15) is 0 Å². The Morgan fingerprint density at radius 1 is 1.53 bits per heavy atom. The fourth-order valence-electron chi connectivity index (χ4n) is 2.62. The lowest BCUT2D eigenvalue weighted by Crippen LogP contribution is -2.20. The Balaban J connectivity index is 1.59. The summed E-state index contributed by atoms with van der Waals surface area (Å²) in [5.74, 6) is 1.49. The Labute approximate surface area is 116 Å². The van der Waals surface area contributed by atoms with Gasteiger partial charge in [-0.25, -0.2) is 0 Å². The minimum Gasteiger partial charge on any atom is -0.396 e. The highest BCUT2D eigenvalue weighted by atomic mass is 32.1. The van der Waals surface area contributed by atoms with E-state index in [1.54, 1.807) is 11.3 Å². The van der Waals surface area contributed by atoms with Crippen molar-refractivity contribution >= 4 is 11.3 Å². The normalized spacial score (nSPS) is 20.2. The number of thiophene rings is 1. The molecule has 0 aromatic carbocycles. The van der Waals surface area contributed by atoms with E-state index < -0.39 is 0 Å². The van der Waals surface area contributed by atoms with Gasteiger partial charge in [-0.05, 0) is 36.8 Å². The molecule has 1 aliphatic rings. The molecule has 1 fully saturated rings. The predicted octanol–water partition coefficient (Wildman–Crippen LogP) is 2.61. The average molecular weight is 278 g/mol. The lowest BCUT2D eigenvalue weighted by molar-refractivity contribution is 0.247. The van der Waals surface area contributed by atoms with Crippen LogP contribution >= 0.6 is 11.3 Å². The number of hydrogen-bond donors (Lipinski definition) is 1. The second-order valence-electron chi connectivity index (χ2n) is 5.06. The van der Waals surface area contributed by atoms with Gasteiger partial charge in [-0.2, -0.15) is 0 Å². The number of likely N-dealkylation sites (tertiary alicyclic amines) is 1. The fourth-order valence-corrected chi connectivity index (χ4v) is 3.30. The lowest BCUT2D eigenvalue weighted by Gasteiger charge is -2.13. The topological polar surface area (TPSA) is 49.5 Å². The summed E-state index contributed by atoms with van der Waals surface area (Å²) in [4.78, 5) is 3.51. The maximum absolute atomic E-state index is 8.97. The first-order valence-corrected chi connectivity index (χ1v) is 7.56. The van der Waals surface area contributed by atoms with Crippen molar-refractivity contribution in [2.24, 2.45) is 5.92 Å². The van der Waals surface area contributed by atoms with E-state index >= 15 is 0 Å². The second-order valence-corrected chi connectivity index (χ2v) is 6.01. The van der Waals surface area contributed by atoms with Gasteiger partial charge in [-0.3, -0.25) is 4.90 Å². The van der Waals surface area contributed by atoms with Crippen LogP contribution in [0.3, 0.4) is 0 Å². The van der Waals surface area contributed by atoms with Crippen LogP contribution in [-0.4, -0.2) is 34.9 Å². The molecule has 1 N–H and O–H groups in total. The van der Waals surface area contributed by atoms with Crippen LogP contribution in [-0.2, 0) is 6.54 Å². The summed E-state index contributed by atoms with van der Waals surface area (Å²) in [5, 5.41) is 15.2. The standard InChI is InChI=1S/C14H18N2O2S/c17-6-4-11-3-5-16(9-11)10-12-8-13(18-15-12)14-2-1-7-19-14/h1-2,7-8,11,17H,3-6,9-10H2. The molecule has 3 rings (SSSR count). The Hall–Kier alpha value is -1.17. The van der Waals surface area contributed by atoms with E-state index in [9.17, 15) is 0 Å². The van der Waals surface area contributed by atoms with Crippen LogP contribution in [0.25, 0.3) is 10.6 Å². The Bertz CT molecular complexity index is 509. The van der Waals surface area contributed by atoms with Gasteiger partial charge in [0, 0.05) is 25.8 Å². The number of rotatable bonds is 5. The maximum Gasteiger partial charge on any atom is 0.177 e. The largest absolute Gasteiger partial charge is 0.396 e. The van der Waals surface area contributed by atoms with Crippen molar-refractivity contribution in [2.45, 2.75) is 19.4 Å². The summed E-state index contributed by atoms with van der Waals surface area (Å²) < 4.78 is 5.39. The number of aliphatic hydroxyl groups excluding tert-OH is 1. The highest BCUT2D eigenvalue weighted by molar-refractivity contribution is 7.13. The first kappa shape index (κ1) is 12.8.